The fraction of sp³-hybridized carbons (Fsp3) is 0.429. The first-order valence-electron chi connectivity index (χ1n) is 10.1. The molecular formula is C21H24N6O3. The van der Waals surface area contributed by atoms with Crippen molar-refractivity contribution in [2.75, 3.05) is 44.4 Å². The number of aryl methyl sites for hydroxylation is 1. The second-order valence-electron chi connectivity index (χ2n) is 7.84. The van der Waals surface area contributed by atoms with E-state index in [0.29, 0.717) is 43.6 Å². The summed E-state index contributed by atoms with van der Waals surface area (Å²) in [4.78, 5) is 30.6. The van der Waals surface area contributed by atoms with Gasteiger partial charge in [-0.25, -0.2) is 9.97 Å². The minimum atomic E-state index is -0.0765. The number of hydrogen-bond acceptors (Lipinski definition) is 7. The molecule has 2 fully saturated rings. The van der Waals surface area contributed by atoms with Gasteiger partial charge >= 0.3 is 0 Å². The van der Waals surface area contributed by atoms with E-state index in [0.717, 1.165) is 12.1 Å². The third-order valence-electron chi connectivity index (χ3n) is 5.65. The van der Waals surface area contributed by atoms with E-state index >= 15 is 0 Å². The molecule has 0 radical (unpaired) electrons. The maximum atomic E-state index is 13.0. The number of carbonyl (C=O) groups is 1. The number of fused-ring (bicyclic) bond motifs is 4. The molecule has 2 aromatic heterocycles. The predicted molar refractivity (Wildman–Crippen MR) is 110 cm³/mol. The summed E-state index contributed by atoms with van der Waals surface area (Å²) in [5.74, 6) is 1.50. The fourth-order valence-electron chi connectivity index (χ4n) is 4.11. The molecule has 2 aliphatic heterocycles. The van der Waals surface area contributed by atoms with Gasteiger partial charge in [-0.05, 0) is 12.1 Å². The first kappa shape index (κ1) is 18.8. The third kappa shape index (κ3) is 3.68. The van der Waals surface area contributed by atoms with Gasteiger partial charge in [0.05, 0.1) is 31.8 Å². The van der Waals surface area contributed by atoms with Crippen molar-refractivity contribution in [2.45, 2.75) is 6.04 Å². The zero-order valence-corrected chi connectivity index (χ0v) is 16.8. The summed E-state index contributed by atoms with van der Waals surface area (Å²) in [6, 6.07) is 9.33. The molecule has 2 bridgehead atoms. The van der Waals surface area contributed by atoms with Crippen LogP contribution in [0.15, 0.2) is 42.9 Å². The minimum absolute atomic E-state index is 0.0175. The van der Waals surface area contributed by atoms with E-state index in [1.54, 1.807) is 12.5 Å². The highest BCUT2D eigenvalue weighted by molar-refractivity contribution is 5.78. The van der Waals surface area contributed by atoms with Crippen LogP contribution >= 0.6 is 0 Å². The molecule has 0 unspecified atom stereocenters. The largest absolute Gasteiger partial charge is 0.484 e. The molecule has 0 saturated carbocycles. The fourth-order valence-corrected chi connectivity index (χ4v) is 4.11. The Morgan fingerprint density at radius 3 is 2.90 bits per heavy atom. The lowest BCUT2D eigenvalue weighted by Crippen LogP contribution is -2.48. The molecular weight excluding hydrogens is 384 g/mol. The summed E-state index contributed by atoms with van der Waals surface area (Å²) in [5.41, 5.74) is 1.57. The Kier molecular flexibility index (Phi) is 4.96. The second kappa shape index (κ2) is 7.91. The summed E-state index contributed by atoms with van der Waals surface area (Å²) in [7, 11) is 1.92. The second-order valence-corrected chi connectivity index (χ2v) is 7.84. The molecule has 5 rings (SSSR count). The predicted octanol–water partition coefficient (Wildman–Crippen LogP) is 1.11. The lowest BCUT2D eigenvalue weighted by Gasteiger charge is -2.31. The number of amides is 1. The van der Waals surface area contributed by atoms with Gasteiger partial charge in [-0.15, -0.1) is 0 Å². The Morgan fingerprint density at radius 2 is 2.03 bits per heavy atom. The number of para-hydroxylation sites is 1. The Morgan fingerprint density at radius 1 is 1.17 bits per heavy atom. The molecule has 0 aliphatic carbocycles. The van der Waals surface area contributed by atoms with Crippen LogP contribution in [0.3, 0.4) is 0 Å². The highest BCUT2D eigenvalue weighted by Gasteiger charge is 2.36. The van der Waals surface area contributed by atoms with Crippen molar-refractivity contribution in [3.63, 3.8) is 0 Å². The molecule has 9 heteroatoms. The summed E-state index contributed by atoms with van der Waals surface area (Å²) in [6.07, 6.45) is 3.54. The first-order chi connectivity index (χ1) is 14.7. The molecule has 2 saturated heterocycles. The standard InChI is InChI=1S/C21H24N6O3/c1-25-14-23-20-18(25)7-22-21(24-20)26-8-15-9-27(16(10-26)12-29-11-15)19(28)13-30-17-5-3-2-4-6-17/h2-7,14-16H,8-13H2,1H3/t15-,16-/m0/s1. The maximum absolute atomic E-state index is 13.0. The van der Waals surface area contributed by atoms with Crippen molar-refractivity contribution in [1.29, 1.82) is 0 Å². The van der Waals surface area contributed by atoms with E-state index in [9.17, 15) is 4.79 Å². The van der Waals surface area contributed by atoms with Gasteiger partial charge in [0.25, 0.3) is 5.91 Å². The van der Waals surface area contributed by atoms with Crippen LogP contribution in [0.5, 0.6) is 5.75 Å². The molecule has 156 valence electrons. The molecule has 1 amide bonds. The number of ether oxygens (including phenoxy) is 2. The Bertz CT molecular complexity index is 1040. The van der Waals surface area contributed by atoms with Gasteiger partial charge in [-0.1, -0.05) is 18.2 Å². The van der Waals surface area contributed by atoms with Crippen molar-refractivity contribution < 1.29 is 14.3 Å². The molecule has 3 aromatic rings. The normalized spacial score (nSPS) is 21.5. The molecule has 0 N–H and O–H groups in total. The molecule has 4 heterocycles. The zero-order chi connectivity index (χ0) is 20.5. The minimum Gasteiger partial charge on any atom is -0.484 e. The number of hydrogen-bond donors (Lipinski definition) is 0. The highest BCUT2D eigenvalue weighted by Crippen LogP contribution is 2.24. The van der Waals surface area contributed by atoms with E-state index in [1.807, 2.05) is 46.8 Å². The number of nitrogens with zero attached hydrogens (tertiary/aromatic N) is 6. The van der Waals surface area contributed by atoms with Crippen molar-refractivity contribution in [3.8, 4) is 5.75 Å². The van der Waals surface area contributed by atoms with Gasteiger partial charge < -0.3 is 23.8 Å². The average Bonchev–Trinajstić information content (AvgIpc) is 2.92. The summed E-state index contributed by atoms with van der Waals surface area (Å²) >= 11 is 0. The number of benzene rings is 1. The number of aromatic nitrogens is 4. The third-order valence-corrected chi connectivity index (χ3v) is 5.65. The quantitative estimate of drug-likeness (QED) is 0.639. The lowest BCUT2D eigenvalue weighted by molar-refractivity contribution is -0.135. The van der Waals surface area contributed by atoms with Gasteiger partial charge in [0.15, 0.2) is 12.3 Å². The van der Waals surface area contributed by atoms with Crippen LogP contribution in [-0.2, 0) is 16.6 Å². The smallest absolute Gasteiger partial charge is 0.260 e. The van der Waals surface area contributed by atoms with Gasteiger partial charge in [-0.3, -0.25) is 4.79 Å². The summed E-state index contributed by atoms with van der Waals surface area (Å²) in [5, 5.41) is 0. The molecule has 2 aliphatic rings. The molecule has 9 nitrogen and oxygen atoms in total. The molecule has 1 aromatic carbocycles. The van der Waals surface area contributed by atoms with Crippen LogP contribution in [0.1, 0.15) is 0 Å². The number of rotatable bonds is 4. The SMILES string of the molecule is Cn1cnc2nc(N3C[C@@H]4COC[C@H](C3)N(C(=O)COc3ccccc3)C4)ncc21. The topological polar surface area (TPSA) is 85.6 Å². The lowest BCUT2D eigenvalue weighted by atomic mass is 10.1. The van der Waals surface area contributed by atoms with Crippen LogP contribution in [0.4, 0.5) is 5.95 Å². The summed E-state index contributed by atoms with van der Waals surface area (Å²) in [6.45, 7) is 3.12. The van der Waals surface area contributed by atoms with Crippen LogP contribution in [0.25, 0.3) is 11.2 Å². The van der Waals surface area contributed by atoms with E-state index in [-0.39, 0.29) is 24.5 Å². The van der Waals surface area contributed by atoms with E-state index in [2.05, 4.69) is 19.9 Å². The number of carbonyl (C=O) groups excluding carboxylic acids is 1. The average molecular weight is 408 g/mol. The van der Waals surface area contributed by atoms with Crippen LogP contribution in [0.2, 0.25) is 0 Å². The zero-order valence-electron chi connectivity index (χ0n) is 16.8. The Balaban J connectivity index is 1.33. The number of imidazole rings is 1. The Hall–Kier alpha value is -3.20. The van der Waals surface area contributed by atoms with Crippen molar-refractivity contribution in [2.24, 2.45) is 13.0 Å². The number of anilines is 1. The van der Waals surface area contributed by atoms with Crippen molar-refractivity contribution in [1.82, 2.24) is 24.4 Å². The van der Waals surface area contributed by atoms with Gasteiger partial charge in [0.2, 0.25) is 5.95 Å². The monoisotopic (exact) mass is 408 g/mol. The van der Waals surface area contributed by atoms with E-state index < -0.39 is 0 Å². The van der Waals surface area contributed by atoms with Gasteiger partial charge in [-0.2, -0.15) is 4.98 Å². The molecule has 2 atom stereocenters. The van der Waals surface area contributed by atoms with Crippen molar-refractivity contribution >= 4 is 23.0 Å². The van der Waals surface area contributed by atoms with Crippen molar-refractivity contribution in [3.05, 3.63) is 42.9 Å². The summed E-state index contributed by atoms with van der Waals surface area (Å²) < 4.78 is 13.4. The van der Waals surface area contributed by atoms with E-state index in [4.69, 9.17) is 9.47 Å². The van der Waals surface area contributed by atoms with Crippen LogP contribution in [0, 0.1) is 5.92 Å². The highest BCUT2D eigenvalue weighted by atomic mass is 16.5. The van der Waals surface area contributed by atoms with E-state index in [1.165, 1.54) is 0 Å². The van der Waals surface area contributed by atoms with Crippen LogP contribution < -0.4 is 9.64 Å². The maximum Gasteiger partial charge on any atom is 0.260 e. The molecule has 0 spiro atoms. The van der Waals surface area contributed by atoms with Gasteiger partial charge in [0.1, 0.15) is 11.3 Å². The van der Waals surface area contributed by atoms with Crippen LogP contribution in [-0.4, -0.2) is 75.8 Å². The first-order valence-corrected chi connectivity index (χ1v) is 10.1. The molecule has 30 heavy (non-hydrogen) atoms. The Labute approximate surface area is 174 Å². The van der Waals surface area contributed by atoms with Gasteiger partial charge in [0, 0.05) is 32.6 Å².